The summed E-state index contributed by atoms with van der Waals surface area (Å²) in [6.07, 6.45) is 1.65. The SMILES string of the molecule is CC(C)(CCC(=O)O)NC(=O)NCC1CCSC1. The van der Waals surface area contributed by atoms with Crippen molar-refractivity contribution in [1.82, 2.24) is 10.6 Å². The fourth-order valence-electron chi connectivity index (χ4n) is 1.81. The lowest BCUT2D eigenvalue weighted by Gasteiger charge is -2.26. The van der Waals surface area contributed by atoms with Crippen LogP contribution in [-0.2, 0) is 4.79 Å². The van der Waals surface area contributed by atoms with Gasteiger partial charge in [0.1, 0.15) is 0 Å². The van der Waals surface area contributed by atoms with Gasteiger partial charge in [-0.15, -0.1) is 0 Å². The second-order valence-corrected chi connectivity index (χ2v) is 6.49. The zero-order valence-corrected chi connectivity index (χ0v) is 11.8. The van der Waals surface area contributed by atoms with Crippen LogP contribution in [0.2, 0.25) is 0 Å². The van der Waals surface area contributed by atoms with Crippen LogP contribution in [0, 0.1) is 5.92 Å². The Labute approximate surface area is 112 Å². The van der Waals surface area contributed by atoms with Crippen molar-refractivity contribution < 1.29 is 14.7 Å². The van der Waals surface area contributed by atoms with Crippen LogP contribution >= 0.6 is 11.8 Å². The maximum absolute atomic E-state index is 11.7. The first kappa shape index (κ1) is 15.1. The minimum absolute atomic E-state index is 0.0620. The van der Waals surface area contributed by atoms with E-state index in [1.807, 2.05) is 25.6 Å². The van der Waals surface area contributed by atoms with Crippen molar-refractivity contribution in [3.05, 3.63) is 0 Å². The van der Waals surface area contributed by atoms with E-state index in [0.717, 1.165) is 12.2 Å². The molecule has 0 aromatic heterocycles. The van der Waals surface area contributed by atoms with Crippen molar-refractivity contribution in [3.8, 4) is 0 Å². The van der Waals surface area contributed by atoms with Crippen molar-refractivity contribution in [2.24, 2.45) is 5.92 Å². The first-order valence-electron chi connectivity index (χ1n) is 6.24. The predicted octanol–water partition coefficient (Wildman–Crippen LogP) is 1.68. The Kier molecular flexibility index (Phi) is 5.78. The van der Waals surface area contributed by atoms with Crippen LogP contribution in [0.15, 0.2) is 0 Å². The van der Waals surface area contributed by atoms with E-state index < -0.39 is 11.5 Å². The number of thioether (sulfide) groups is 1. The number of nitrogens with one attached hydrogen (secondary N) is 2. The van der Waals surface area contributed by atoms with Crippen LogP contribution in [0.3, 0.4) is 0 Å². The molecule has 104 valence electrons. The molecule has 0 spiro atoms. The second kappa shape index (κ2) is 6.87. The summed E-state index contributed by atoms with van der Waals surface area (Å²) in [5.41, 5.74) is -0.493. The normalized spacial score (nSPS) is 19.6. The van der Waals surface area contributed by atoms with E-state index in [4.69, 9.17) is 5.11 Å². The molecule has 1 saturated heterocycles. The third-order valence-corrected chi connectivity index (χ3v) is 4.22. The number of carboxylic acids is 1. The number of carbonyl (C=O) groups excluding carboxylic acids is 1. The highest BCUT2D eigenvalue weighted by atomic mass is 32.2. The maximum Gasteiger partial charge on any atom is 0.315 e. The number of carboxylic acid groups (broad SMARTS) is 1. The molecular weight excluding hydrogens is 252 g/mol. The molecule has 0 aliphatic carbocycles. The van der Waals surface area contributed by atoms with Gasteiger partial charge in [-0.25, -0.2) is 4.79 Å². The lowest BCUT2D eigenvalue weighted by atomic mass is 9.99. The van der Waals surface area contributed by atoms with Crippen molar-refractivity contribution in [3.63, 3.8) is 0 Å². The van der Waals surface area contributed by atoms with E-state index in [1.54, 1.807) is 0 Å². The minimum atomic E-state index is -0.840. The number of urea groups is 1. The van der Waals surface area contributed by atoms with Gasteiger partial charge >= 0.3 is 12.0 Å². The van der Waals surface area contributed by atoms with Crippen molar-refractivity contribution in [2.45, 2.75) is 38.6 Å². The second-order valence-electron chi connectivity index (χ2n) is 5.34. The highest BCUT2D eigenvalue weighted by Crippen LogP contribution is 2.22. The molecule has 1 heterocycles. The van der Waals surface area contributed by atoms with Gasteiger partial charge in [-0.3, -0.25) is 4.79 Å². The molecule has 1 aliphatic rings. The Morgan fingerprint density at radius 2 is 2.17 bits per heavy atom. The average Bonchev–Trinajstić information content (AvgIpc) is 2.76. The first-order valence-corrected chi connectivity index (χ1v) is 7.40. The highest BCUT2D eigenvalue weighted by Gasteiger charge is 2.22. The summed E-state index contributed by atoms with van der Waals surface area (Å²) >= 11 is 1.92. The largest absolute Gasteiger partial charge is 0.481 e. The van der Waals surface area contributed by atoms with E-state index in [9.17, 15) is 9.59 Å². The molecule has 1 rings (SSSR count). The van der Waals surface area contributed by atoms with Crippen LogP contribution in [0.4, 0.5) is 4.79 Å². The number of hydrogen-bond donors (Lipinski definition) is 3. The van der Waals surface area contributed by atoms with E-state index in [2.05, 4.69) is 10.6 Å². The summed E-state index contributed by atoms with van der Waals surface area (Å²) in [6.45, 7) is 4.37. The monoisotopic (exact) mass is 274 g/mol. The van der Waals surface area contributed by atoms with Gasteiger partial charge in [0.2, 0.25) is 0 Å². The van der Waals surface area contributed by atoms with Crippen molar-refractivity contribution >= 4 is 23.8 Å². The van der Waals surface area contributed by atoms with Gasteiger partial charge in [0.25, 0.3) is 0 Å². The van der Waals surface area contributed by atoms with Crippen LogP contribution < -0.4 is 10.6 Å². The van der Waals surface area contributed by atoms with E-state index in [-0.39, 0.29) is 12.5 Å². The molecule has 6 heteroatoms. The lowest BCUT2D eigenvalue weighted by molar-refractivity contribution is -0.137. The Morgan fingerprint density at radius 3 is 2.72 bits per heavy atom. The molecule has 1 unspecified atom stereocenters. The molecule has 0 saturated carbocycles. The van der Waals surface area contributed by atoms with Gasteiger partial charge in [-0.05, 0) is 44.1 Å². The van der Waals surface area contributed by atoms with E-state index >= 15 is 0 Å². The summed E-state index contributed by atoms with van der Waals surface area (Å²) in [5, 5.41) is 14.3. The van der Waals surface area contributed by atoms with Gasteiger partial charge in [-0.2, -0.15) is 11.8 Å². The summed E-state index contributed by atoms with van der Waals surface area (Å²) in [4.78, 5) is 22.2. The summed E-state index contributed by atoms with van der Waals surface area (Å²) in [5.74, 6) is 2.02. The quantitative estimate of drug-likeness (QED) is 0.688. The van der Waals surface area contributed by atoms with Gasteiger partial charge in [-0.1, -0.05) is 0 Å². The zero-order chi connectivity index (χ0) is 13.6. The third-order valence-electron chi connectivity index (χ3n) is 2.99. The highest BCUT2D eigenvalue weighted by molar-refractivity contribution is 7.99. The molecule has 1 fully saturated rings. The number of hydrogen-bond acceptors (Lipinski definition) is 3. The molecule has 18 heavy (non-hydrogen) atoms. The molecule has 3 N–H and O–H groups in total. The van der Waals surface area contributed by atoms with Crippen LogP contribution in [0.25, 0.3) is 0 Å². The molecule has 2 amide bonds. The van der Waals surface area contributed by atoms with Gasteiger partial charge < -0.3 is 15.7 Å². The third kappa shape index (κ3) is 6.14. The fraction of sp³-hybridized carbons (Fsp3) is 0.833. The Morgan fingerprint density at radius 1 is 1.44 bits per heavy atom. The van der Waals surface area contributed by atoms with E-state index in [1.165, 1.54) is 5.75 Å². The Hall–Kier alpha value is -0.910. The summed E-state index contributed by atoms with van der Waals surface area (Å²) in [6, 6.07) is -0.206. The van der Waals surface area contributed by atoms with E-state index in [0.29, 0.717) is 18.9 Å². The molecule has 1 aliphatic heterocycles. The van der Waals surface area contributed by atoms with Crippen LogP contribution in [0.5, 0.6) is 0 Å². The molecule has 0 bridgehead atoms. The number of amides is 2. The topological polar surface area (TPSA) is 78.4 Å². The summed E-state index contributed by atoms with van der Waals surface area (Å²) in [7, 11) is 0. The first-order chi connectivity index (χ1) is 8.39. The molecule has 0 aromatic carbocycles. The Bertz CT molecular complexity index is 302. The number of aliphatic carboxylic acids is 1. The smallest absolute Gasteiger partial charge is 0.315 e. The number of rotatable bonds is 6. The molecule has 1 atom stereocenters. The van der Waals surface area contributed by atoms with Crippen molar-refractivity contribution in [1.29, 1.82) is 0 Å². The van der Waals surface area contributed by atoms with Gasteiger partial charge in [0.15, 0.2) is 0 Å². The lowest BCUT2D eigenvalue weighted by Crippen LogP contribution is -2.49. The van der Waals surface area contributed by atoms with Gasteiger partial charge in [0, 0.05) is 18.5 Å². The Balaban J connectivity index is 2.22. The fourth-order valence-corrected chi connectivity index (χ4v) is 3.10. The maximum atomic E-state index is 11.7. The van der Waals surface area contributed by atoms with Crippen LogP contribution in [-0.4, -0.2) is 40.7 Å². The molecule has 0 radical (unpaired) electrons. The number of carbonyl (C=O) groups is 2. The standard InChI is InChI=1S/C12H22N2O3S/c1-12(2,5-3-10(15)16)14-11(17)13-7-9-4-6-18-8-9/h9H,3-8H2,1-2H3,(H,15,16)(H2,13,14,17). The van der Waals surface area contributed by atoms with Gasteiger partial charge in [0.05, 0.1) is 0 Å². The average molecular weight is 274 g/mol. The summed E-state index contributed by atoms with van der Waals surface area (Å²) < 4.78 is 0. The van der Waals surface area contributed by atoms with Crippen molar-refractivity contribution in [2.75, 3.05) is 18.1 Å². The molecule has 5 nitrogen and oxygen atoms in total. The van der Waals surface area contributed by atoms with Crippen LogP contribution in [0.1, 0.15) is 33.1 Å². The molecule has 0 aromatic rings. The molecular formula is C12H22N2O3S. The predicted molar refractivity (Wildman–Crippen MR) is 72.9 cm³/mol. The minimum Gasteiger partial charge on any atom is -0.481 e. The zero-order valence-electron chi connectivity index (χ0n) is 11.0.